The second kappa shape index (κ2) is 8.25. The highest BCUT2D eigenvalue weighted by molar-refractivity contribution is 6.42. The van der Waals surface area contributed by atoms with Gasteiger partial charge in [-0.3, -0.25) is 10.2 Å². The van der Waals surface area contributed by atoms with Crippen LogP contribution in [0.25, 0.3) is 11.1 Å². The molecular formula is C21H17Cl2N3O. The van der Waals surface area contributed by atoms with Crippen molar-refractivity contribution in [2.24, 2.45) is 5.73 Å². The Morgan fingerprint density at radius 1 is 0.963 bits per heavy atom. The SMILES string of the molecule is N=C(N)c1ccc(CNC(=O)c2ccccc2-c2ccc(Cl)c(Cl)c2)cc1. The van der Waals surface area contributed by atoms with Gasteiger partial charge < -0.3 is 11.1 Å². The van der Waals surface area contributed by atoms with Crippen molar-refractivity contribution in [3.8, 4) is 11.1 Å². The van der Waals surface area contributed by atoms with Gasteiger partial charge in [0.05, 0.1) is 10.0 Å². The van der Waals surface area contributed by atoms with Crippen molar-refractivity contribution in [2.45, 2.75) is 6.54 Å². The highest BCUT2D eigenvalue weighted by Gasteiger charge is 2.13. The number of nitrogens with two attached hydrogens (primary N) is 1. The molecule has 0 saturated carbocycles. The molecule has 6 heteroatoms. The van der Waals surface area contributed by atoms with E-state index in [2.05, 4.69) is 5.32 Å². The summed E-state index contributed by atoms with van der Waals surface area (Å²) in [5, 5.41) is 11.2. The minimum Gasteiger partial charge on any atom is -0.384 e. The van der Waals surface area contributed by atoms with Gasteiger partial charge in [-0.05, 0) is 34.9 Å². The summed E-state index contributed by atoms with van der Waals surface area (Å²) in [6, 6.07) is 19.8. The van der Waals surface area contributed by atoms with Crippen LogP contribution in [0.15, 0.2) is 66.7 Å². The maximum absolute atomic E-state index is 12.7. The number of hydrogen-bond donors (Lipinski definition) is 3. The third-order valence-corrected chi connectivity index (χ3v) is 4.86. The van der Waals surface area contributed by atoms with Crippen LogP contribution in [0.5, 0.6) is 0 Å². The van der Waals surface area contributed by atoms with E-state index in [0.717, 1.165) is 16.7 Å². The highest BCUT2D eigenvalue weighted by atomic mass is 35.5. The number of carbonyl (C=O) groups excluding carboxylic acids is 1. The molecule has 4 N–H and O–H groups in total. The molecule has 3 aromatic rings. The molecule has 0 bridgehead atoms. The second-order valence-electron chi connectivity index (χ2n) is 5.97. The molecule has 0 heterocycles. The van der Waals surface area contributed by atoms with Gasteiger partial charge in [-0.15, -0.1) is 0 Å². The average molecular weight is 398 g/mol. The van der Waals surface area contributed by atoms with E-state index in [-0.39, 0.29) is 11.7 Å². The molecule has 0 fully saturated rings. The molecule has 0 saturated heterocycles. The highest BCUT2D eigenvalue weighted by Crippen LogP contribution is 2.30. The van der Waals surface area contributed by atoms with Crippen LogP contribution in [0.1, 0.15) is 21.5 Å². The van der Waals surface area contributed by atoms with Gasteiger partial charge in [0.2, 0.25) is 0 Å². The smallest absolute Gasteiger partial charge is 0.252 e. The van der Waals surface area contributed by atoms with Gasteiger partial charge in [0.15, 0.2) is 0 Å². The van der Waals surface area contributed by atoms with Crippen molar-refractivity contribution >= 4 is 34.9 Å². The van der Waals surface area contributed by atoms with Crippen LogP contribution in [0.2, 0.25) is 10.0 Å². The molecule has 0 spiro atoms. The quantitative estimate of drug-likeness (QED) is 0.423. The molecule has 0 unspecified atom stereocenters. The van der Waals surface area contributed by atoms with E-state index in [1.54, 1.807) is 30.3 Å². The zero-order valence-electron chi connectivity index (χ0n) is 14.3. The number of halogens is 2. The number of amides is 1. The summed E-state index contributed by atoms with van der Waals surface area (Å²) < 4.78 is 0. The van der Waals surface area contributed by atoms with E-state index in [0.29, 0.717) is 27.7 Å². The maximum Gasteiger partial charge on any atom is 0.252 e. The summed E-state index contributed by atoms with van der Waals surface area (Å²) in [6.07, 6.45) is 0. The number of hydrogen-bond acceptors (Lipinski definition) is 2. The summed E-state index contributed by atoms with van der Waals surface area (Å²) in [4.78, 5) is 12.7. The summed E-state index contributed by atoms with van der Waals surface area (Å²) in [7, 11) is 0. The fraction of sp³-hybridized carbons (Fsp3) is 0.0476. The Balaban J connectivity index is 1.79. The summed E-state index contributed by atoms with van der Waals surface area (Å²) in [5.41, 5.74) is 9.17. The van der Waals surface area contributed by atoms with Crippen molar-refractivity contribution < 1.29 is 4.79 Å². The van der Waals surface area contributed by atoms with Crippen molar-refractivity contribution in [3.05, 3.63) is 93.5 Å². The molecule has 0 aliphatic heterocycles. The van der Waals surface area contributed by atoms with Crippen molar-refractivity contribution in [1.82, 2.24) is 5.32 Å². The second-order valence-corrected chi connectivity index (χ2v) is 6.78. The third-order valence-electron chi connectivity index (χ3n) is 4.12. The Morgan fingerprint density at radius 2 is 1.67 bits per heavy atom. The Kier molecular flexibility index (Phi) is 5.79. The molecule has 27 heavy (non-hydrogen) atoms. The van der Waals surface area contributed by atoms with Crippen molar-refractivity contribution in [2.75, 3.05) is 0 Å². The van der Waals surface area contributed by atoms with Crippen molar-refractivity contribution in [3.63, 3.8) is 0 Å². The van der Waals surface area contributed by atoms with E-state index < -0.39 is 0 Å². The normalized spacial score (nSPS) is 10.4. The third kappa shape index (κ3) is 4.48. The fourth-order valence-electron chi connectivity index (χ4n) is 2.68. The molecule has 3 aromatic carbocycles. The molecule has 136 valence electrons. The van der Waals surface area contributed by atoms with Crippen LogP contribution in [-0.4, -0.2) is 11.7 Å². The van der Waals surface area contributed by atoms with Gasteiger partial charge in [0.1, 0.15) is 5.84 Å². The van der Waals surface area contributed by atoms with Gasteiger partial charge in [-0.1, -0.05) is 71.7 Å². The van der Waals surface area contributed by atoms with E-state index in [9.17, 15) is 4.79 Å². The zero-order valence-corrected chi connectivity index (χ0v) is 15.8. The largest absolute Gasteiger partial charge is 0.384 e. The number of benzene rings is 3. The first kappa shape index (κ1) is 19.0. The van der Waals surface area contributed by atoms with Crippen LogP contribution in [0.3, 0.4) is 0 Å². The molecule has 1 amide bonds. The van der Waals surface area contributed by atoms with E-state index in [1.807, 2.05) is 36.4 Å². The standard InChI is InChI=1S/C21H17Cl2N3O/c22-18-10-9-15(11-19(18)23)16-3-1-2-4-17(16)21(27)26-12-13-5-7-14(8-6-13)20(24)25/h1-11H,12H2,(H3,24,25)(H,26,27). The van der Waals surface area contributed by atoms with Crippen LogP contribution < -0.4 is 11.1 Å². The number of rotatable bonds is 5. The summed E-state index contributed by atoms with van der Waals surface area (Å²) >= 11 is 12.1. The first-order valence-corrected chi connectivity index (χ1v) is 8.97. The lowest BCUT2D eigenvalue weighted by Gasteiger charge is -2.11. The van der Waals surface area contributed by atoms with Crippen LogP contribution in [0.4, 0.5) is 0 Å². The number of nitrogens with one attached hydrogen (secondary N) is 2. The van der Waals surface area contributed by atoms with Gasteiger partial charge in [-0.2, -0.15) is 0 Å². The van der Waals surface area contributed by atoms with Crippen molar-refractivity contribution in [1.29, 1.82) is 5.41 Å². The Morgan fingerprint density at radius 3 is 2.33 bits per heavy atom. The lowest BCUT2D eigenvalue weighted by Crippen LogP contribution is -2.23. The number of carbonyl (C=O) groups is 1. The topological polar surface area (TPSA) is 79.0 Å². The molecule has 0 aliphatic carbocycles. The Labute approximate surface area is 167 Å². The van der Waals surface area contributed by atoms with Gasteiger partial charge >= 0.3 is 0 Å². The first-order valence-electron chi connectivity index (χ1n) is 8.21. The average Bonchev–Trinajstić information content (AvgIpc) is 2.68. The lowest BCUT2D eigenvalue weighted by molar-refractivity contribution is 0.0951. The predicted molar refractivity (Wildman–Crippen MR) is 111 cm³/mol. The van der Waals surface area contributed by atoms with Crippen LogP contribution in [-0.2, 0) is 6.54 Å². The summed E-state index contributed by atoms with van der Waals surface area (Å²) in [6.45, 7) is 0.368. The zero-order chi connectivity index (χ0) is 19.4. The minimum atomic E-state index is -0.188. The monoisotopic (exact) mass is 397 g/mol. The van der Waals surface area contributed by atoms with Gasteiger partial charge in [0, 0.05) is 17.7 Å². The van der Waals surface area contributed by atoms with Gasteiger partial charge in [-0.25, -0.2) is 0 Å². The van der Waals surface area contributed by atoms with Crippen LogP contribution in [0, 0.1) is 5.41 Å². The number of nitrogen functional groups attached to an aromatic ring is 1. The lowest BCUT2D eigenvalue weighted by atomic mass is 9.99. The Bertz CT molecular complexity index is 1000. The van der Waals surface area contributed by atoms with Gasteiger partial charge in [0.25, 0.3) is 5.91 Å². The molecule has 4 nitrogen and oxygen atoms in total. The molecule has 0 atom stereocenters. The van der Waals surface area contributed by atoms with Crippen LogP contribution >= 0.6 is 23.2 Å². The predicted octanol–water partition coefficient (Wildman–Crippen LogP) is 4.87. The Hall–Kier alpha value is -2.82. The number of amidine groups is 1. The molecule has 0 aliphatic rings. The molecule has 3 rings (SSSR count). The molecule has 0 radical (unpaired) electrons. The van der Waals surface area contributed by atoms with E-state index >= 15 is 0 Å². The van der Waals surface area contributed by atoms with E-state index in [1.165, 1.54) is 0 Å². The maximum atomic E-state index is 12.7. The first-order chi connectivity index (χ1) is 13.0. The minimum absolute atomic E-state index is 0.0149. The summed E-state index contributed by atoms with van der Waals surface area (Å²) in [5.74, 6) is -0.173. The molecule has 0 aromatic heterocycles. The molecular weight excluding hydrogens is 381 g/mol. The van der Waals surface area contributed by atoms with E-state index in [4.69, 9.17) is 34.3 Å². The fourth-order valence-corrected chi connectivity index (χ4v) is 2.97.